The van der Waals surface area contributed by atoms with Crippen LogP contribution in [0.2, 0.25) is 5.02 Å². The highest BCUT2D eigenvalue weighted by atomic mass is 35.5. The Hall–Kier alpha value is -1.27. The van der Waals surface area contributed by atoms with Gasteiger partial charge in [0.1, 0.15) is 0 Å². The molecule has 1 spiro atoms. The number of aryl methyl sites for hydroxylation is 1. The predicted octanol–water partition coefficient (Wildman–Crippen LogP) is 5.81. The first-order valence-corrected chi connectivity index (χ1v) is 8.54. The molecule has 0 amide bonds. The van der Waals surface area contributed by atoms with Gasteiger partial charge in [0.15, 0.2) is 0 Å². The molecule has 2 bridgehead atoms. The summed E-state index contributed by atoms with van der Waals surface area (Å²) in [6, 6.07) is 11.2. The van der Waals surface area contributed by atoms with Crippen LogP contribution in [0.1, 0.15) is 43.2 Å². The summed E-state index contributed by atoms with van der Waals surface area (Å²) in [7, 11) is 0. The van der Waals surface area contributed by atoms with Crippen molar-refractivity contribution in [1.29, 1.82) is 0 Å². The van der Waals surface area contributed by atoms with Crippen LogP contribution in [-0.4, -0.2) is 0 Å². The maximum atomic E-state index is 6.40. The van der Waals surface area contributed by atoms with Crippen molar-refractivity contribution in [2.24, 2.45) is 5.92 Å². The van der Waals surface area contributed by atoms with Crippen LogP contribution >= 0.6 is 11.6 Å². The molecule has 2 aromatic carbocycles. The predicted molar refractivity (Wildman–Crippen MR) is 89.0 cm³/mol. The van der Waals surface area contributed by atoms with E-state index < -0.39 is 0 Å². The third-order valence-corrected chi connectivity index (χ3v) is 6.51. The van der Waals surface area contributed by atoms with Crippen LogP contribution < -0.4 is 0 Å². The molecule has 0 N–H and O–H groups in total. The summed E-state index contributed by atoms with van der Waals surface area (Å²) in [4.78, 5) is 0. The van der Waals surface area contributed by atoms with Gasteiger partial charge >= 0.3 is 0 Å². The third kappa shape index (κ3) is 1.57. The second kappa shape index (κ2) is 4.14. The monoisotopic (exact) mass is 294 g/mol. The van der Waals surface area contributed by atoms with Crippen molar-refractivity contribution in [1.82, 2.24) is 0 Å². The van der Waals surface area contributed by atoms with E-state index in [0.717, 1.165) is 10.9 Å². The number of rotatable bonds is 0. The molecule has 3 aliphatic rings. The highest BCUT2D eigenvalue weighted by molar-refractivity contribution is 6.35. The molecule has 0 aromatic heterocycles. The van der Waals surface area contributed by atoms with E-state index in [4.69, 9.17) is 11.6 Å². The van der Waals surface area contributed by atoms with Crippen LogP contribution in [0.25, 0.3) is 10.8 Å². The Labute approximate surface area is 130 Å². The van der Waals surface area contributed by atoms with Gasteiger partial charge in [0, 0.05) is 15.8 Å². The second-order valence-electron chi connectivity index (χ2n) is 7.16. The Bertz CT molecular complexity index is 786. The molecule has 1 fully saturated rings. The molecule has 2 aromatic rings. The normalized spacial score (nSPS) is 30.0. The quantitative estimate of drug-likeness (QED) is 0.538. The molecule has 1 saturated carbocycles. The number of fused-ring (bicyclic) bond motifs is 6. The molecule has 5 rings (SSSR count). The summed E-state index contributed by atoms with van der Waals surface area (Å²) in [6.07, 6.45) is 10.4. The lowest BCUT2D eigenvalue weighted by Gasteiger charge is -2.41. The molecule has 2 unspecified atom stereocenters. The zero-order chi connectivity index (χ0) is 14.0. The average Bonchev–Trinajstić information content (AvgIpc) is 3.08. The average molecular weight is 295 g/mol. The molecule has 0 saturated heterocycles. The molecule has 21 heavy (non-hydrogen) atoms. The van der Waals surface area contributed by atoms with Gasteiger partial charge in [0.25, 0.3) is 0 Å². The zero-order valence-electron chi connectivity index (χ0n) is 12.2. The van der Waals surface area contributed by atoms with Crippen LogP contribution in [0.15, 0.2) is 42.0 Å². The summed E-state index contributed by atoms with van der Waals surface area (Å²) in [6.45, 7) is 0. The van der Waals surface area contributed by atoms with Crippen LogP contribution in [-0.2, 0) is 11.8 Å². The van der Waals surface area contributed by atoms with Gasteiger partial charge in [-0.15, -0.1) is 0 Å². The van der Waals surface area contributed by atoms with Crippen molar-refractivity contribution in [3.63, 3.8) is 0 Å². The standard InChI is InChI=1S/C20H19Cl/c21-19-5-1-3-14-11-18-15(10-17(14)19)4-2-8-20(18)12-13-6-7-16(20)9-13/h1,3,5-6,10-11,16H,2,4,7-9,12H2. The first-order chi connectivity index (χ1) is 10.3. The third-order valence-electron chi connectivity index (χ3n) is 6.18. The Morgan fingerprint density at radius 1 is 1.19 bits per heavy atom. The van der Waals surface area contributed by atoms with Gasteiger partial charge in [-0.2, -0.15) is 0 Å². The Morgan fingerprint density at radius 3 is 2.95 bits per heavy atom. The summed E-state index contributed by atoms with van der Waals surface area (Å²) < 4.78 is 0. The molecular formula is C20H19Cl. The number of benzene rings is 2. The summed E-state index contributed by atoms with van der Waals surface area (Å²) in [5.74, 6) is 0.864. The van der Waals surface area contributed by atoms with Gasteiger partial charge in [-0.05, 0) is 73.1 Å². The van der Waals surface area contributed by atoms with Crippen LogP contribution in [0.4, 0.5) is 0 Å². The molecule has 0 heterocycles. The fraction of sp³-hybridized carbons (Fsp3) is 0.400. The molecule has 0 radical (unpaired) electrons. The van der Waals surface area contributed by atoms with Gasteiger partial charge in [0.05, 0.1) is 0 Å². The number of halogens is 1. The van der Waals surface area contributed by atoms with Gasteiger partial charge < -0.3 is 0 Å². The lowest BCUT2D eigenvalue weighted by Crippen LogP contribution is -2.35. The van der Waals surface area contributed by atoms with Crippen LogP contribution in [0, 0.1) is 5.92 Å². The van der Waals surface area contributed by atoms with E-state index in [2.05, 4.69) is 30.3 Å². The van der Waals surface area contributed by atoms with E-state index >= 15 is 0 Å². The fourth-order valence-corrected chi connectivity index (χ4v) is 5.48. The summed E-state index contributed by atoms with van der Waals surface area (Å²) in [5.41, 5.74) is 5.39. The molecule has 3 aliphatic carbocycles. The lowest BCUT2D eigenvalue weighted by atomic mass is 9.62. The fourth-order valence-electron chi connectivity index (χ4n) is 5.25. The maximum Gasteiger partial charge on any atom is 0.0484 e. The van der Waals surface area contributed by atoms with E-state index in [0.29, 0.717) is 5.41 Å². The Balaban J connectivity index is 1.78. The van der Waals surface area contributed by atoms with Gasteiger partial charge in [-0.3, -0.25) is 0 Å². The van der Waals surface area contributed by atoms with Crippen molar-refractivity contribution in [3.8, 4) is 0 Å². The Morgan fingerprint density at radius 2 is 2.14 bits per heavy atom. The van der Waals surface area contributed by atoms with Crippen molar-refractivity contribution in [3.05, 3.63) is 58.1 Å². The molecular weight excluding hydrogens is 276 g/mol. The van der Waals surface area contributed by atoms with Gasteiger partial charge in [0.2, 0.25) is 0 Å². The SMILES string of the molecule is Clc1cccc2cc3c(cc12)CCCC31CC2=CCC1C2. The minimum atomic E-state index is 0.453. The number of hydrogen-bond acceptors (Lipinski definition) is 0. The van der Waals surface area contributed by atoms with E-state index in [9.17, 15) is 0 Å². The van der Waals surface area contributed by atoms with E-state index in [1.807, 2.05) is 6.07 Å². The smallest absolute Gasteiger partial charge is 0.0484 e. The van der Waals surface area contributed by atoms with Crippen LogP contribution in [0.5, 0.6) is 0 Å². The molecule has 2 atom stereocenters. The first kappa shape index (κ1) is 12.3. The van der Waals surface area contributed by atoms with Crippen molar-refractivity contribution in [2.75, 3.05) is 0 Å². The zero-order valence-corrected chi connectivity index (χ0v) is 12.9. The lowest BCUT2D eigenvalue weighted by molar-refractivity contribution is 0.270. The topological polar surface area (TPSA) is 0 Å². The minimum absolute atomic E-state index is 0.453. The molecule has 1 heteroatoms. The molecule has 106 valence electrons. The number of allylic oxidation sites excluding steroid dienone is 2. The van der Waals surface area contributed by atoms with Crippen molar-refractivity contribution < 1.29 is 0 Å². The van der Waals surface area contributed by atoms with Gasteiger partial charge in [-0.25, -0.2) is 0 Å². The summed E-state index contributed by atoms with van der Waals surface area (Å²) in [5, 5.41) is 3.45. The van der Waals surface area contributed by atoms with E-state index in [-0.39, 0.29) is 0 Å². The maximum absolute atomic E-state index is 6.40. The van der Waals surface area contributed by atoms with Gasteiger partial charge in [-0.1, -0.05) is 41.4 Å². The summed E-state index contributed by atoms with van der Waals surface area (Å²) >= 11 is 6.40. The largest absolute Gasteiger partial charge is 0.0850 e. The van der Waals surface area contributed by atoms with Crippen LogP contribution in [0.3, 0.4) is 0 Å². The first-order valence-electron chi connectivity index (χ1n) is 8.16. The molecule has 0 aliphatic heterocycles. The van der Waals surface area contributed by atoms with E-state index in [1.54, 1.807) is 16.7 Å². The Kier molecular flexibility index (Phi) is 2.42. The van der Waals surface area contributed by atoms with Crippen molar-refractivity contribution in [2.45, 2.75) is 43.9 Å². The minimum Gasteiger partial charge on any atom is -0.0850 e. The highest BCUT2D eigenvalue weighted by Gasteiger charge is 2.49. The van der Waals surface area contributed by atoms with Crippen molar-refractivity contribution >= 4 is 22.4 Å². The van der Waals surface area contributed by atoms with E-state index in [1.165, 1.54) is 49.3 Å². The number of hydrogen-bond donors (Lipinski definition) is 0. The molecule has 0 nitrogen and oxygen atoms in total. The highest BCUT2D eigenvalue weighted by Crippen LogP contribution is 2.59. The second-order valence-corrected chi connectivity index (χ2v) is 7.56.